The van der Waals surface area contributed by atoms with E-state index in [4.69, 9.17) is 27.9 Å². The summed E-state index contributed by atoms with van der Waals surface area (Å²) in [7, 11) is 1.52. The topological polar surface area (TPSA) is 58.6 Å². The number of likely N-dealkylation sites (N-methyl/N-ethyl adjacent to an activating group) is 1. The lowest BCUT2D eigenvalue weighted by molar-refractivity contribution is -0.142. The Bertz CT molecular complexity index is 940. The van der Waals surface area contributed by atoms with Gasteiger partial charge in [-0.2, -0.15) is 0 Å². The molecule has 168 valence electrons. The van der Waals surface area contributed by atoms with Gasteiger partial charge in [0.2, 0.25) is 5.91 Å². The molecule has 0 aliphatic rings. The third kappa shape index (κ3) is 6.61. The van der Waals surface area contributed by atoms with Crippen molar-refractivity contribution in [3.8, 4) is 5.75 Å². The zero-order valence-electron chi connectivity index (χ0n) is 18.3. The van der Waals surface area contributed by atoms with Gasteiger partial charge in [-0.15, -0.1) is 0 Å². The van der Waals surface area contributed by atoms with Crippen molar-refractivity contribution in [3.63, 3.8) is 0 Å². The SMILES string of the molecule is CNC(=O)C(C)N(Cc1c(Cl)cccc1Cl)C(=O)COc1ccc(C(C)(C)C)cc1Br. The number of nitrogens with one attached hydrogen (secondary N) is 1. The number of benzene rings is 2. The molecule has 0 aliphatic heterocycles. The molecule has 0 fully saturated rings. The van der Waals surface area contributed by atoms with Crippen molar-refractivity contribution in [3.05, 3.63) is 62.0 Å². The van der Waals surface area contributed by atoms with Crippen LogP contribution in [0, 0.1) is 0 Å². The molecule has 0 aliphatic carbocycles. The standard InChI is InChI=1S/C23H27BrCl2N2O3/c1-14(22(30)27-5)28(12-16-18(25)7-6-8-19(16)26)21(29)13-31-20-10-9-15(11-17(20)24)23(2,3)4/h6-11,14H,12-13H2,1-5H3,(H,27,30). The molecular weight excluding hydrogens is 503 g/mol. The summed E-state index contributed by atoms with van der Waals surface area (Å²) in [6, 6.07) is 10.2. The highest BCUT2D eigenvalue weighted by Gasteiger charge is 2.27. The van der Waals surface area contributed by atoms with Gasteiger partial charge in [-0.1, -0.05) is 56.1 Å². The first-order chi connectivity index (χ1) is 14.5. The van der Waals surface area contributed by atoms with E-state index in [1.807, 2.05) is 18.2 Å². The van der Waals surface area contributed by atoms with E-state index < -0.39 is 6.04 Å². The first kappa shape index (κ1) is 25.5. The van der Waals surface area contributed by atoms with Crippen molar-refractivity contribution in [2.45, 2.75) is 45.7 Å². The van der Waals surface area contributed by atoms with Gasteiger partial charge in [0, 0.05) is 29.2 Å². The number of halogens is 3. The molecule has 5 nitrogen and oxygen atoms in total. The second-order valence-electron chi connectivity index (χ2n) is 8.20. The first-order valence-corrected chi connectivity index (χ1v) is 11.4. The quantitative estimate of drug-likeness (QED) is 0.508. The van der Waals surface area contributed by atoms with Gasteiger partial charge in [0.15, 0.2) is 6.61 Å². The van der Waals surface area contributed by atoms with Gasteiger partial charge in [-0.25, -0.2) is 0 Å². The molecule has 0 aromatic heterocycles. The maximum absolute atomic E-state index is 13.1. The highest BCUT2D eigenvalue weighted by atomic mass is 79.9. The summed E-state index contributed by atoms with van der Waals surface area (Å²) in [6.07, 6.45) is 0. The Morgan fingerprint density at radius 3 is 2.29 bits per heavy atom. The number of amides is 2. The molecule has 0 heterocycles. The molecule has 0 bridgehead atoms. The smallest absolute Gasteiger partial charge is 0.261 e. The lowest BCUT2D eigenvalue weighted by Gasteiger charge is -2.29. The molecule has 0 spiro atoms. The molecule has 1 unspecified atom stereocenters. The monoisotopic (exact) mass is 528 g/mol. The van der Waals surface area contributed by atoms with Crippen LogP contribution in [0.3, 0.4) is 0 Å². The van der Waals surface area contributed by atoms with E-state index in [9.17, 15) is 9.59 Å². The van der Waals surface area contributed by atoms with E-state index in [1.165, 1.54) is 11.9 Å². The molecule has 2 aromatic rings. The molecule has 0 saturated carbocycles. The fourth-order valence-corrected chi connectivity index (χ4v) is 3.96. The Kier molecular flexibility index (Phi) is 8.81. The van der Waals surface area contributed by atoms with Crippen LogP contribution in [0.25, 0.3) is 0 Å². The summed E-state index contributed by atoms with van der Waals surface area (Å²) in [5.41, 5.74) is 1.71. The minimum atomic E-state index is -0.736. The second kappa shape index (κ2) is 10.7. The van der Waals surface area contributed by atoms with Gasteiger partial charge < -0.3 is 15.0 Å². The van der Waals surface area contributed by atoms with Crippen molar-refractivity contribution in [1.29, 1.82) is 0 Å². The maximum atomic E-state index is 13.1. The maximum Gasteiger partial charge on any atom is 0.261 e. The molecule has 2 rings (SSSR count). The predicted molar refractivity (Wildman–Crippen MR) is 129 cm³/mol. The van der Waals surface area contributed by atoms with Gasteiger partial charge in [-0.05, 0) is 58.1 Å². The Balaban J connectivity index is 2.23. The minimum absolute atomic E-state index is 0.00909. The average Bonchev–Trinajstić information content (AvgIpc) is 2.70. The summed E-state index contributed by atoms with van der Waals surface area (Å²) in [5.74, 6) is -0.115. The molecule has 8 heteroatoms. The Morgan fingerprint density at radius 1 is 1.16 bits per heavy atom. The van der Waals surface area contributed by atoms with Crippen LogP contribution in [0.1, 0.15) is 38.8 Å². The molecule has 1 atom stereocenters. The lowest BCUT2D eigenvalue weighted by atomic mass is 9.87. The molecular formula is C23H27BrCl2N2O3. The van der Waals surface area contributed by atoms with Gasteiger partial charge >= 0.3 is 0 Å². The van der Waals surface area contributed by atoms with Crippen LogP contribution in [0.5, 0.6) is 5.75 Å². The summed E-state index contributed by atoms with van der Waals surface area (Å²) in [6.45, 7) is 7.86. The van der Waals surface area contributed by atoms with Gasteiger partial charge in [-0.3, -0.25) is 9.59 Å². The summed E-state index contributed by atoms with van der Waals surface area (Å²) < 4.78 is 6.53. The lowest BCUT2D eigenvalue weighted by Crippen LogP contribution is -2.48. The van der Waals surface area contributed by atoms with Crippen LogP contribution in [0.15, 0.2) is 40.9 Å². The van der Waals surface area contributed by atoms with Crippen LogP contribution < -0.4 is 10.1 Å². The Hall–Kier alpha value is -1.76. The predicted octanol–water partition coefficient (Wildman–Crippen LogP) is 5.60. The van der Waals surface area contributed by atoms with Crippen LogP contribution >= 0.6 is 39.1 Å². The van der Waals surface area contributed by atoms with E-state index in [-0.39, 0.29) is 30.4 Å². The van der Waals surface area contributed by atoms with E-state index in [2.05, 4.69) is 42.0 Å². The van der Waals surface area contributed by atoms with Gasteiger partial charge in [0.1, 0.15) is 11.8 Å². The zero-order valence-corrected chi connectivity index (χ0v) is 21.4. The van der Waals surface area contributed by atoms with E-state index in [0.29, 0.717) is 21.4 Å². The minimum Gasteiger partial charge on any atom is -0.483 e. The molecule has 2 amide bonds. The number of ether oxygens (including phenoxy) is 1. The fourth-order valence-electron chi connectivity index (χ4n) is 2.95. The molecule has 0 saturated heterocycles. The Labute approximate surface area is 202 Å². The number of carbonyl (C=O) groups is 2. The van der Waals surface area contributed by atoms with E-state index >= 15 is 0 Å². The van der Waals surface area contributed by atoms with Crippen molar-refractivity contribution in [1.82, 2.24) is 10.2 Å². The van der Waals surface area contributed by atoms with E-state index in [1.54, 1.807) is 25.1 Å². The van der Waals surface area contributed by atoms with Crippen molar-refractivity contribution >= 4 is 50.9 Å². The number of hydrogen-bond acceptors (Lipinski definition) is 3. The van der Waals surface area contributed by atoms with Gasteiger partial charge in [0.25, 0.3) is 5.91 Å². The summed E-state index contributed by atoms with van der Waals surface area (Å²) in [5, 5.41) is 3.42. The number of hydrogen-bond donors (Lipinski definition) is 1. The third-order valence-corrected chi connectivity index (χ3v) is 6.28. The first-order valence-electron chi connectivity index (χ1n) is 9.82. The summed E-state index contributed by atoms with van der Waals surface area (Å²) in [4.78, 5) is 26.7. The number of nitrogens with zero attached hydrogens (tertiary/aromatic N) is 1. The molecule has 31 heavy (non-hydrogen) atoms. The number of rotatable bonds is 7. The molecule has 0 radical (unpaired) electrons. The summed E-state index contributed by atoms with van der Waals surface area (Å²) >= 11 is 16.1. The van der Waals surface area contributed by atoms with Crippen LogP contribution in [-0.4, -0.2) is 36.4 Å². The highest BCUT2D eigenvalue weighted by molar-refractivity contribution is 9.10. The molecule has 2 aromatic carbocycles. The fraction of sp³-hybridized carbons (Fsp3) is 0.391. The zero-order chi connectivity index (χ0) is 23.3. The second-order valence-corrected chi connectivity index (χ2v) is 9.86. The van der Waals surface area contributed by atoms with Crippen LogP contribution in [0.2, 0.25) is 10.0 Å². The van der Waals surface area contributed by atoms with Crippen molar-refractivity contribution in [2.24, 2.45) is 0 Å². The van der Waals surface area contributed by atoms with Crippen LogP contribution in [-0.2, 0) is 21.5 Å². The van der Waals surface area contributed by atoms with Crippen LogP contribution in [0.4, 0.5) is 0 Å². The van der Waals surface area contributed by atoms with Crippen molar-refractivity contribution in [2.75, 3.05) is 13.7 Å². The normalized spacial score (nSPS) is 12.3. The Morgan fingerprint density at radius 2 is 1.77 bits per heavy atom. The third-order valence-electron chi connectivity index (χ3n) is 4.95. The number of carbonyl (C=O) groups excluding carboxylic acids is 2. The highest BCUT2D eigenvalue weighted by Crippen LogP contribution is 2.32. The average molecular weight is 530 g/mol. The van der Waals surface area contributed by atoms with Gasteiger partial charge in [0.05, 0.1) is 4.47 Å². The largest absolute Gasteiger partial charge is 0.483 e. The molecule has 1 N–H and O–H groups in total. The van der Waals surface area contributed by atoms with Crippen molar-refractivity contribution < 1.29 is 14.3 Å². The van der Waals surface area contributed by atoms with E-state index in [0.717, 1.165) is 10.0 Å².